The molecule has 3 N–H and O–H groups in total. The summed E-state index contributed by atoms with van der Waals surface area (Å²) in [5, 5.41) is 18.8. The summed E-state index contributed by atoms with van der Waals surface area (Å²) in [7, 11) is 0. The Hall–Kier alpha value is -2.96. The summed E-state index contributed by atoms with van der Waals surface area (Å²) in [5.41, 5.74) is 2.48. The first-order valence-electron chi connectivity index (χ1n) is 7.28. The summed E-state index contributed by atoms with van der Waals surface area (Å²) in [6.07, 6.45) is 0. The smallest absolute Gasteiger partial charge is 0.252 e. The largest absolute Gasteiger partial charge is 0.493 e. The molecule has 0 aliphatic heterocycles. The maximum Gasteiger partial charge on any atom is 0.252 e. The SMILES string of the molecule is Cc1cc(=O)[nH]c(N=Nc2c(O)[nH]c3ccc(C(C)C)cc23)n1. The third-order valence-electron chi connectivity index (χ3n) is 3.54. The lowest BCUT2D eigenvalue weighted by Gasteiger charge is -2.04. The van der Waals surface area contributed by atoms with Gasteiger partial charge in [0.25, 0.3) is 5.56 Å². The van der Waals surface area contributed by atoms with Gasteiger partial charge in [-0.1, -0.05) is 19.9 Å². The average molecular weight is 311 g/mol. The first-order valence-corrected chi connectivity index (χ1v) is 7.28. The Morgan fingerprint density at radius 2 is 1.96 bits per heavy atom. The topological polar surface area (TPSA) is 106 Å². The van der Waals surface area contributed by atoms with Crippen molar-refractivity contribution in [2.45, 2.75) is 26.7 Å². The molecule has 3 aromatic rings. The van der Waals surface area contributed by atoms with Crippen LogP contribution in [0.3, 0.4) is 0 Å². The number of aromatic nitrogens is 3. The zero-order chi connectivity index (χ0) is 16.6. The van der Waals surface area contributed by atoms with E-state index in [-0.39, 0.29) is 17.4 Å². The van der Waals surface area contributed by atoms with Crippen LogP contribution in [-0.4, -0.2) is 20.1 Å². The molecule has 0 unspecified atom stereocenters. The van der Waals surface area contributed by atoms with Crippen molar-refractivity contribution in [3.8, 4) is 5.88 Å². The van der Waals surface area contributed by atoms with Gasteiger partial charge in [0.15, 0.2) is 5.69 Å². The normalized spacial score (nSPS) is 11.8. The van der Waals surface area contributed by atoms with Crippen molar-refractivity contribution >= 4 is 22.5 Å². The molecule has 7 nitrogen and oxygen atoms in total. The number of aromatic hydroxyl groups is 1. The van der Waals surface area contributed by atoms with Gasteiger partial charge in [-0.3, -0.25) is 9.78 Å². The predicted molar refractivity (Wildman–Crippen MR) is 87.8 cm³/mol. The third kappa shape index (κ3) is 2.98. The van der Waals surface area contributed by atoms with Crippen LogP contribution in [-0.2, 0) is 0 Å². The van der Waals surface area contributed by atoms with Crippen molar-refractivity contribution in [2.24, 2.45) is 10.2 Å². The van der Waals surface area contributed by atoms with Gasteiger partial charge in [-0.2, -0.15) is 0 Å². The number of H-pyrrole nitrogens is 2. The number of rotatable bonds is 3. The quantitative estimate of drug-likeness (QED) is 0.640. The van der Waals surface area contributed by atoms with E-state index in [0.29, 0.717) is 17.3 Å². The van der Waals surface area contributed by atoms with E-state index in [1.54, 1.807) is 6.92 Å². The van der Waals surface area contributed by atoms with E-state index in [9.17, 15) is 9.90 Å². The van der Waals surface area contributed by atoms with E-state index in [1.807, 2.05) is 18.2 Å². The van der Waals surface area contributed by atoms with E-state index in [0.717, 1.165) is 16.5 Å². The lowest BCUT2D eigenvalue weighted by molar-refractivity contribution is 0.459. The van der Waals surface area contributed by atoms with E-state index in [2.05, 4.69) is 39.0 Å². The van der Waals surface area contributed by atoms with Gasteiger partial charge in [0.1, 0.15) is 0 Å². The summed E-state index contributed by atoms with van der Waals surface area (Å²) in [4.78, 5) is 20.9. The van der Waals surface area contributed by atoms with Crippen molar-refractivity contribution < 1.29 is 5.11 Å². The van der Waals surface area contributed by atoms with Gasteiger partial charge in [-0.25, -0.2) is 4.98 Å². The van der Waals surface area contributed by atoms with E-state index < -0.39 is 0 Å². The zero-order valence-electron chi connectivity index (χ0n) is 13.1. The second-order valence-electron chi connectivity index (χ2n) is 5.69. The van der Waals surface area contributed by atoms with Gasteiger partial charge in [0.05, 0.1) is 5.52 Å². The molecule has 1 aromatic carbocycles. The Kier molecular flexibility index (Phi) is 3.69. The van der Waals surface area contributed by atoms with Crippen LogP contribution in [0.25, 0.3) is 10.9 Å². The summed E-state index contributed by atoms with van der Waals surface area (Å²) < 4.78 is 0. The molecule has 0 radical (unpaired) electrons. The van der Waals surface area contributed by atoms with Gasteiger partial charge in [-0.05, 0) is 30.5 Å². The average Bonchev–Trinajstić information content (AvgIpc) is 2.78. The van der Waals surface area contributed by atoms with Crippen molar-refractivity contribution in [3.05, 3.63) is 45.9 Å². The molecule has 0 saturated carbocycles. The fraction of sp³-hybridized carbons (Fsp3) is 0.250. The summed E-state index contributed by atoms with van der Waals surface area (Å²) >= 11 is 0. The highest BCUT2D eigenvalue weighted by Gasteiger charge is 2.12. The minimum atomic E-state index is -0.295. The van der Waals surface area contributed by atoms with Crippen LogP contribution in [0, 0.1) is 6.92 Å². The van der Waals surface area contributed by atoms with Crippen LogP contribution in [0.2, 0.25) is 0 Å². The Morgan fingerprint density at radius 1 is 1.17 bits per heavy atom. The molecule has 7 heteroatoms. The van der Waals surface area contributed by atoms with Gasteiger partial charge in [-0.15, -0.1) is 10.2 Å². The molecule has 0 fully saturated rings. The van der Waals surface area contributed by atoms with E-state index in [1.165, 1.54) is 6.07 Å². The highest BCUT2D eigenvalue weighted by molar-refractivity contribution is 5.94. The third-order valence-corrected chi connectivity index (χ3v) is 3.54. The zero-order valence-corrected chi connectivity index (χ0v) is 13.1. The molecule has 2 aromatic heterocycles. The molecule has 0 atom stereocenters. The number of hydrogen-bond acceptors (Lipinski definition) is 5. The number of aromatic amines is 2. The van der Waals surface area contributed by atoms with Crippen molar-refractivity contribution in [2.75, 3.05) is 0 Å². The van der Waals surface area contributed by atoms with Crippen LogP contribution in [0.15, 0.2) is 39.3 Å². The van der Waals surface area contributed by atoms with Crippen molar-refractivity contribution in [1.29, 1.82) is 0 Å². The minimum absolute atomic E-state index is 0.0698. The number of azo groups is 1. The summed E-state index contributed by atoms with van der Waals surface area (Å²) in [5.74, 6) is 0.388. The van der Waals surface area contributed by atoms with E-state index in [4.69, 9.17) is 0 Å². The second kappa shape index (κ2) is 5.68. The summed E-state index contributed by atoms with van der Waals surface area (Å²) in [6.45, 7) is 5.89. The fourth-order valence-electron chi connectivity index (χ4n) is 2.35. The van der Waals surface area contributed by atoms with Gasteiger partial charge < -0.3 is 10.1 Å². The molecule has 0 bridgehead atoms. The predicted octanol–water partition coefficient (Wildman–Crippen LogP) is 3.80. The highest BCUT2D eigenvalue weighted by Crippen LogP contribution is 2.37. The molecule has 0 saturated heterocycles. The first kappa shape index (κ1) is 15.0. The standard InChI is InChI=1S/C16H17N5O2/c1-8(2)10-4-5-12-11(7-10)14(15(23)18-12)20-21-16-17-9(3)6-13(22)19-16/h4-8,18,23H,1-3H3,(H,17,19,22). The molecule has 3 rings (SSSR count). The number of nitrogens with zero attached hydrogens (tertiary/aromatic N) is 3. The molecular formula is C16H17N5O2. The fourth-order valence-corrected chi connectivity index (χ4v) is 2.35. The molecule has 118 valence electrons. The molecule has 0 spiro atoms. The van der Waals surface area contributed by atoms with Crippen LogP contribution >= 0.6 is 0 Å². The number of benzene rings is 1. The lowest BCUT2D eigenvalue weighted by Crippen LogP contribution is -2.05. The van der Waals surface area contributed by atoms with Gasteiger partial charge in [0, 0.05) is 17.1 Å². The van der Waals surface area contributed by atoms with Crippen LogP contribution in [0.5, 0.6) is 5.88 Å². The maximum absolute atomic E-state index is 11.4. The van der Waals surface area contributed by atoms with Crippen LogP contribution in [0.1, 0.15) is 31.0 Å². The number of fused-ring (bicyclic) bond motifs is 1. The Balaban J connectivity index is 2.08. The Labute approximate surface area is 132 Å². The molecule has 0 aliphatic rings. The number of aryl methyl sites for hydroxylation is 1. The number of hydrogen-bond donors (Lipinski definition) is 3. The molecule has 23 heavy (non-hydrogen) atoms. The molecule has 2 heterocycles. The van der Waals surface area contributed by atoms with Gasteiger partial charge in [0.2, 0.25) is 11.8 Å². The first-order chi connectivity index (χ1) is 10.9. The van der Waals surface area contributed by atoms with E-state index >= 15 is 0 Å². The van der Waals surface area contributed by atoms with Crippen molar-refractivity contribution in [1.82, 2.24) is 15.0 Å². The van der Waals surface area contributed by atoms with Gasteiger partial charge >= 0.3 is 0 Å². The maximum atomic E-state index is 11.4. The van der Waals surface area contributed by atoms with Crippen LogP contribution in [0.4, 0.5) is 11.6 Å². The Bertz CT molecular complexity index is 953. The Morgan fingerprint density at radius 3 is 2.65 bits per heavy atom. The monoisotopic (exact) mass is 311 g/mol. The molecule has 0 amide bonds. The summed E-state index contributed by atoms with van der Waals surface area (Å²) in [6, 6.07) is 7.24. The lowest BCUT2D eigenvalue weighted by atomic mass is 10.0. The second-order valence-corrected chi connectivity index (χ2v) is 5.69. The highest BCUT2D eigenvalue weighted by atomic mass is 16.3. The van der Waals surface area contributed by atoms with Crippen molar-refractivity contribution in [3.63, 3.8) is 0 Å². The van der Waals surface area contributed by atoms with Crippen LogP contribution < -0.4 is 5.56 Å². The molecular weight excluding hydrogens is 294 g/mol. The minimum Gasteiger partial charge on any atom is -0.493 e. The number of nitrogens with one attached hydrogen (secondary N) is 2. The molecule has 0 aliphatic carbocycles.